The van der Waals surface area contributed by atoms with E-state index >= 15 is 0 Å². The first-order valence-corrected chi connectivity index (χ1v) is 6.78. The van der Waals surface area contributed by atoms with Crippen LogP contribution < -0.4 is 0 Å². The summed E-state index contributed by atoms with van der Waals surface area (Å²) in [5.41, 5.74) is 1.76. The fourth-order valence-corrected chi connectivity index (χ4v) is 2.76. The third kappa shape index (κ3) is 5.87. The number of hydrogen-bond donors (Lipinski definition) is 1. The van der Waals surface area contributed by atoms with Gasteiger partial charge in [0.05, 0.1) is 5.60 Å². The fourth-order valence-electron chi connectivity index (χ4n) is 2.76. The first kappa shape index (κ1) is 16.4. The van der Waals surface area contributed by atoms with Gasteiger partial charge in [-0.15, -0.1) is 0 Å². The summed E-state index contributed by atoms with van der Waals surface area (Å²) in [6, 6.07) is 0. The van der Waals surface area contributed by atoms with Crippen molar-refractivity contribution in [2.45, 2.75) is 12.0 Å². The predicted octanol–water partition coefficient (Wildman–Crippen LogP) is 0.659. The minimum atomic E-state index is -0.741. The molecule has 0 fully saturated rings. The normalized spacial score (nSPS) is 24.1. The van der Waals surface area contributed by atoms with E-state index < -0.39 is 5.60 Å². The van der Waals surface area contributed by atoms with Crippen LogP contribution in [0.1, 0.15) is 6.42 Å². The van der Waals surface area contributed by atoms with Crippen molar-refractivity contribution in [1.29, 1.82) is 0 Å². The maximum atomic E-state index is 10.8. The molecular weight excluding hydrogens is 238 g/mol. The lowest BCUT2D eigenvalue weighted by Gasteiger charge is -2.34. The highest BCUT2D eigenvalue weighted by Crippen LogP contribution is 2.27. The molecule has 110 valence electrons. The van der Waals surface area contributed by atoms with Crippen LogP contribution in [0.3, 0.4) is 0 Å². The van der Waals surface area contributed by atoms with Crippen molar-refractivity contribution in [3.63, 3.8) is 0 Å². The van der Waals surface area contributed by atoms with E-state index in [1.807, 2.05) is 25.1 Å². The zero-order chi connectivity index (χ0) is 14.6. The quantitative estimate of drug-likeness (QED) is 0.766. The summed E-state index contributed by atoms with van der Waals surface area (Å²) in [6.07, 6.45) is 5.00. The number of aliphatic hydroxyl groups is 1. The Balaban J connectivity index is 2.92. The van der Waals surface area contributed by atoms with Crippen molar-refractivity contribution < 1.29 is 5.11 Å². The first-order chi connectivity index (χ1) is 8.70. The minimum absolute atomic E-state index is 0.661. The lowest BCUT2D eigenvalue weighted by Crippen LogP contribution is -2.41. The van der Waals surface area contributed by atoms with Crippen molar-refractivity contribution in [3.8, 4) is 0 Å². The Hall–Kier alpha value is -0.680. The maximum Gasteiger partial charge on any atom is 0.0997 e. The molecule has 0 aromatic heterocycles. The van der Waals surface area contributed by atoms with E-state index in [0.717, 1.165) is 19.5 Å². The number of nitrogens with zero attached hydrogens (tertiary/aromatic N) is 3. The van der Waals surface area contributed by atoms with Crippen molar-refractivity contribution in [1.82, 2.24) is 14.7 Å². The lowest BCUT2D eigenvalue weighted by atomic mass is 9.85. The largest absolute Gasteiger partial charge is 0.384 e. The van der Waals surface area contributed by atoms with E-state index in [9.17, 15) is 5.11 Å². The van der Waals surface area contributed by atoms with Gasteiger partial charge in [0.2, 0.25) is 0 Å². The maximum absolute atomic E-state index is 10.8. The molecule has 0 heterocycles. The highest BCUT2D eigenvalue weighted by molar-refractivity contribution is 5.35. The Labute approximate surface area is 118 Å². The summed E-state index contributed by atoms with van der Waals surface area (Å²) >= 11 is 0. The van der Waals surface area contributed by atoms with Crippen molar-refractivity contribution in [3.05, 3.63) is 23.3 Å². The van der Waals surface area contributed by atoms with Crippen molar-refractivity contribution in [2.75, 3.05) is 61.9 Å². The Morgan fingerprint density at radius 3 is 2.05 bits per heavy atom. The molecule has 0 amide bonds. The monoisotopic (exact) mass is 267 g/mol. The highest BCUT2D eigenvalue weighted by Gasteiger charge is 2.30. The van der Waals surface area contributed by atoms with Crippen LogP contribution in [-0.4, -0.2) is 87.3 Å². The van der Waals surface area contributed by atoms with Crippen LogP contribution >= 0.6 is 0 Å². The Kier molecular flexibility index (Phi) is 5.74. The molecule has 0 saturated heterocycles. The molecule has 1 aliphatic rings. The van der Waals surface area contributed by atoms with Gasteiger partial charge >= 0.3 is 0 Å². The fraction of sp³-hybridized carbons (Fsp3) is 0.733. The molecular formula is C15H29N3O. The molecule has 0 aliphatic heterocycles. The number of rotatable bonds is 6. The van der Waals surface area contributed by atoms with Gasteiger partial charge < -0.3 is 19.8 Å². The van der Waals surface area contributed by atoms with Gasteiger partial charge in [-0.25, -0.2) is 0 Å². The molecule has 1 N–H and O–H groups in total. The van der Waals surface area contributed by atoms with E-state index in [4.69, 9.17) is 0 Å². The van der Waals surface area contributed by atoms with Crippen LogP contribution in [-0.2, 0) is 0 Å². The Bertz CT molecular complexity index is 358. The zero-order valence-corrected chi connectivity index (χ0v) is 13.3. The molecule has 0 bridgehead atoms. The number of likely N-dealkylation sites (N-methyl/N-ethyl adjacent to an activating group) is 3. The Morgan fingerprint density at radius 1 is 1.00 bits per heavy atom. The van der Waals surface area contributed by atoms with Gasteiger partial charge in [0.1, 0.15) is 0 Å². The smallest absolute Gasteiger partial charge is 0.0997 e. The van der Waals surface area contributed by atoms with Crippen LogP contribution in [0.4, 0.5) is 0 Å². The van der Waals surface area contributed by atoms with Crippen molar-refractivity contribution >= 4 is 0 Å². The van der Waals surface area contributed by atoms with Gasteiger partial charge in [-0.3, -0.25) is 0 Å². The van der Waals surface area contributed by atoms with Crippen LogP contribution in [0.2, 0.25) is 0 Å². The molecule has 4 nitrogen and oxygen atoms in total. The molecule has 4 heteroatoms. The summed E-state index contributed by atoms with van der Waals surface area (Å²) in [4.78, 5) is 6.33. The average Bonchev–Trinajstić information content (AvgIpc) is 2.10. The molecule has 1 atom stereocenters. The summed E-state index contributed by atoms with van der Waals surface area (Å²) in [7, 11) is 12.2. The summed E-state index contributed by atoms with van der Waals surface area (Å²) < 4.78 is 0. The molecule has 1 rings (SSSR count). The third-order valence-electron chi connectivity index (χ3n) is 2.98. The third-order valence-corrected chi connectivity index (χ3v) is 2.98. The van der Waals surface area contributed by atoms with Gasteiger partial charge in [-0.05, 0) is 53.9 Å². The molecule has 0 radical (unpaired) electrons. The van der Waals surface area contributed by atoms with E-state index in [1.165, 1.54) is 11.1 Å². The SMILES string of the molecule is CN(C)CC1=CC(O)(CN(C)C)CC(CN(C)C)=C1. The number of hydrogen-bond acceptors (Lipinski definition) is 4. The topological polar surface area (TPSA) is 30.0 Å². The van der Waals surface area contributed by atoms with E-state index in [-0.39, 0.29) is 0 Å². The average molecular weight is 267 g/mol. The summed E-state index contributed by atoms with van der Waals surface area (Å²) in [6.45, 7) is 2.43. The van der Waals surface area contributed by atoms with Gasteiger partial charge in [0.25, 0.3) is 0 Å². The van der Waals surface area contributed by atoms with E-state index in [2.05, 4.69) is 44.1 Å². The molecule has 0 spiro atoms. The molecule has 0 aromatic rings. The van der Waals surface area contributed by atoms with Crippen LogP contribution in [0.15, 0.2) is 23.3 Å². The molecule has 0 aromatic carbocycles. The van der Waals surface area contributed by atoms with Crippen LogP contribution in [0.25, 0.3) is 0 Å². The van der Waals surface area contributed by atoms with Gasteiger partial charge in [0.15, 0.2) is 0 Å². The minimum Gasteiger partial charge on any atom is -0.384 e. The van der Waals surface area contributed by atoms with Crippen LogP contribution in [0.5, 0.6) is 0 Å². The highest BCUT2D eigenvalue weighted by atomic mass is 16.3. The molecule has 19 heavy (non-hydrogen) atoms. The second kappa shape index (κ2) is 6.66. The van der Waals surface area contributed by atoms with Gasteiger partial charge in [0, 0.05) is 26.1 Å². The van der Waals surface area contributed by atoms with E-state index in [1.54, 1.807) is 0 Å². The van der Waals surface area contributed by atoms with Gasteiger partial charge in [-0.1, -0.05) is 11.6 Å². The first-order valence-electron chi connectivity index (χ1n) is 6.78. The summed E-state index contributed by atoms with van der Waals surface area (Å²) in [5, 5.41) is 10.8. The van der Waals surface area contributed by atoms with Gasteiger partial charge in [-0.2, -0.15) is 0 Å². The lowest BCUT2D eigenvalue weighted by molar-refractivity contribution is 0.0582. The van der Waals surface area contributed by atoms with Crippen molar-refractivity contribution in [2.24, 2.45) is 0 Å². The molecule has 0 saturated carbocycles. The zero-order valence-electron chi connectivity index (χ0n) is 13.3. The van der Waals surface area contributed by atoms with E-state index in [0.29, 0.717) is 6.54 Å². The predicted molar refractivity (Wildman–Crippen MR) is 81.4 cm³/mol. The molecule has 1 unspecified atom stereocenters. The second-order valence-electron chi connectivity index (χ2n) is 6.52. The van der Waals surface area contributed by atoms with Crippen LogP contribution in [0, 0.1) is 0 Å². The standard InChI is InChI=1S/C15H29N3O/c1-16(2)10-13-7-14(11-17(3)4)9-15(19,8-13)12-18(5)6/h7-8,19H,9-12H2,1-6H3. The second-order valence-corrected chi connectivity index (χ2v) is 6.52. The summed E-state index contributed by atoms with van der Waals surface area (Å²) in [5.74, 6) is 0. The molecule has 1 aliphatic carbocycles. The Morgan fingerprint density at radius 2 is 1.58 bits per heavy atom.